The average molecular weight is 595 g/mol. The minimum Gasteiger partial charge on any atom is -0.507 e. The van der Waals surface area contributed by atoms with Gasteiger partial charge in [-0.3, -0.25) is 9.59 Å². The first-order valence-corrected chi connectivity index (χ1v) is 14.3. The van der Waals surface area contributed by atoms with Gasteiger partial charge in [-0.05, 0) is 53.4 Å². The normalized spacial score (nSPS) is 12.5. The molecule has 0 saturated carbocycles. The van der Waals surface area contributed by atoms with Crippen LogP contribution < -0.4 is 15.6 Å². The molecular weight excluding hydrogens is 572 g/mol. The smallest absolute Gasteiger partial charge is 0.190 e. The highest BCUT2D eigenvalue weighted by molar-refractivity contribution is 6.51. The van der Waals surface area contributed by atoms with Gasteiger partial charge >= 0.3 is 0 Å². The van der Waals surface area contributed by atoms with E-state index in [1.165, 1.54) is 18.2 Å². The lowest BCUT2D eigenvalue weighted by molar-refractivity contribution is 0.308. The van der Waals surface area contributed by atoms with E-state index < -0.39 is 28.1 Å². The molecule has 9 aromatic rings. The molecule has 5 N–H and O–H groups in total. The molecule has 0 fully saturated rings. The van der Waals surface area contributed by atoms with Crippen molar-refractivity contribution in [3.8, 4) is 34.5 Å². The molecule has 0 spiro atoms. The predicted molar refractivity (Wildman–Crippen MR) is 175 cm³/mol. The number of benzene rings is 9. The fourth-order valence-corrected chi connectivity index (χ4v) is 7.82. The Hall–Kier alpha value is -6.02. The van der Waals surface area contributed by atoms with Crippen molar-refractivity contribution in [1.82, 2.24) is 0 Å². The van der Waals surface area contributed by atoms with E-state index >= 15 is 0 Å². The van der Waals surface area contributed by atoms with E-state index in [2.05, 4.69) is 0 Å². The van der Waals surface area contributed by atoms with Crippen LogP contribution in [0.1, 0.15) is 16.7 Å². The van der Waals surface area contributed by atoms with E-state index in [4.69, 9.17) is 4.74 Å². The average Bonchev–Trinajstić information content (AvgIpc) is 2.99. The molecule has 0 saturated heterocycles. The van der Waals surface area contributed by atoms with Gasteiger partial charge in [-0.1, -0.05) is 30.3 Å². The van der Waals surface area contributed by atoms with Gasteiger partial charge in [-0.25, -0.2) is 0 Å². The lowest BCUT2D eigenvalue weighted by atomic mass is 9.77. The van der Waals surface area contributed by atoms with Gasteiger partial charge in [0.1, 0.15) is 41.1 Å². The standard InChI is InChI=1S/C37H22O8/c1-13-8-16(38)25-30-22(13)23-14(2)9-17(39)26-31(23)35-33-28(37(26)44)20(42)11-21(45-12-15-6-4-3-5-7-15)29(33)24-18(40)10-19(41)27(36(25)43)32(24)34(30)35/h3-11,38,41-44H,12H2,1-2H3. The predicted octanol–water partition coefficient (Wildman–Crippen LogP) is 6.95. The molecule has 218 valence electrons. The van der Waals surface area contributed by atoms with Crippen molar-refractivity contribution in [3.05, 3.63) is 91.7 Å². The van der Waals surface area contributed by atoms with Gasteiger partial charge in [0.2, 0.25) is 0 Å². The second kappa shape index (κ2) is 8.12. The van der Waals surface area contributed by atoms with Crippen molar-refractivity contribution in [3.63, 3.8) is 0 Å². The van der Waals surface area contributed by atoms with Crippen LogP contribution in [0.2, 0.25) is 0 Å². The topological polar surface area (TPSA) is 145 Å². The van der Waals surface area contributed by atoms with Crippen LogP contribution in [-0.2, 0) is 6.61 Å². The van der Waals surface area contributed by atoms with Gasteiger partial charge in [-0.2, -0.15) is 0 Å². The Morgan fingerprint density at radius 3 is 1.62 bits per heavy atom. The first-order valence-electron chi connectivity index (χ1n) is 14.3. The number of ether oxygens (including phenoxy) is 1. The van der Waals surface area contributed by atoms with Crippen LogP contribution in [0.5, 0.6) is 34.5 Å². The fraction of sp³-hybridized carbons (Fsp3) is 0.0811. The minimum absolute atomic E-state index is 0.00393. The molecule has 0 aromatic heterocycles. The Kier molecular flexibility index (Phi) is 4.60. The van der Waals surface area contributed by atoms with E-state index in [0.717, 1.165) is 11.6 Å². The zero-order valence-corrected chi connectivity index (χ0v) is 23.9. The highest BCUT2D eigenvalue weighted by Crippen LogP contribution is 2.59. The Bertz CT molecular complexity index is 2860. The molecule has 0 atom stereocenters. The Morgan fingerprint density at radius 2 is 0.956 bits per heavy atom. The zero-order valence-electron chi connectivity index (χ0n) is 23.9. The van der Waals surface area contributed by atoms with Gasteiger partial charge in [0.05, 0.1) is 21.5 Å². The zero-order chi connectivity index (χ0) is 31.2. The van der Waals surface area contributed by atoms with Crippen molar-refractivity contribution in [2.45, 2.75) is 20.5 Å². The number of phenolic OH excluding ortho intramolecular Hbond substituents is 5. The van der Waals surface area contributed by atoms with Crippen LogP contribution in [0.15, 0.2) is 64.2 Å². The molecular formula is C37H22O8. The molecule has 9 rings (SSSR count). The molecule has 8 nitrogen and oxygen atoms in total. The molecule has 0 radical (unpaired) electrons. The summed E-state index contributed by atoms with van der Waals surface area (Å²) in [5, 5.41) is 61.2. The van der Waals surface area contributed by atoms with Crippen molar-refractivity contribution >= 4 is 75.4 Å². The summed E-state index contributed by atoms with van der Waals surface area (Å²) in [6, 6.07) is 14.6. The number of hydrogen-bond acceptors (Lipinski definition) is 8. The molecule has 8 heteroatoms. The second-order valence-corrected chi connectivity index (χ2v) is 11.9. The van der Waals surface area contributed by atoms with E-state index in [-0.39, 0.29) is 61.6 Å². The third kappa shape index (κ3) is 2.87. The highest BCUT2D eigenvalue weighted by Gasteiger charge is 2.33. The second-order valence-electron chi connectivity index (χ2n) is 11.9. The Morgan fingerprint density at radius 1 is 0.489 bits per heavy atom. The van der Waals surface area contributed by atoms with Gasteiger partial charge in [-0.15, -0.1) is 0 Å². The summed E-state index contributed by atoms with van der Waals surface area (Å²) in [6.07, 6.45) is 0. The number of hydrogen-bond donors (Lipinski definition) is 5. The van der Waals surface area contributed by atoms with Crippen molar-refractivity contribution in [2.24, 2.45) is 0 Å². The summed E-state index contributed by atoms with van der Waals surface area (Å²) in [4.78, 5) is 27.6. The first-order chi connectivity index (χ1) is 21.6. The largest absolute Gasteiger partial charge is 0.507 e. The minimum atomic E-state index is -0.574. The van der Waals surface area contributed by atoms with Crippen LogP contribution >= 0.6 is 0 Å². The van der Waals surface area contributed by atoms with Crippen LogP contribution in [0.25, 0.3) is 75.4 Å². The molecule has 0 aliphatic carbocycles. The molecule has 45 heavy (non-hydrogen) atoms. The van der Waals surface area contributed by atoms with Crippen LogP contribution in [0.3, 0.4) is 0 Å². The highest BCUT2D eigenvalue weighted by atomic mass is 16.5. The Labute approximate surface area is 252 Å². The van der Waals surface area contributed by atoms with E-state index in [1.54, 1.807) is 13.8 Å². The Balaban J connectivity index is 1.70. The monoisotopic (exact) mass is 594 g/mol. The molecule has 0 heterocycles. The lowest BCUT2D eigenvalue weighted by Crippen LogP contribution is -2.08. The van der Waals surface area contributed by atoms with Gasteiger partial charge in [0, 0.05) is 55.2 Å². The fourth-order valence-electron chi connectivity index (χ4n) is 7.82. The maximum Gasteiger partial charge on any atom is 0.190 e. The molecule has 0 amide bonds. The van der Waals surface area contributed by atoms with Gasteiger partial charge < -0.3 is 30.3 Å². The number of aryl methyl sites for hydroxylation is 2. The number of phenols is 5. The van der Waals surface area contributed by atoms with Crippen LogP contribution in [0.4, 0.5) is 0 Å². The summed E-state index contributed by atoms with van der Waals surface area (Å²) in [7, 11) is 0. The molecule has 0 aliphatic heterocycles. The first kappa shape index (κ1) is 25.5. The third-order valence-electron chi connectivity index (χ3n) is 9.47. The number of fused-ring (bicyclic) bond motifs is 2. The number of aromatic hydroxyl groups is 5. The lowest BCUT2D eigenvalue weighted by Gasteiger charge is -2.26. The molecule has 0 unspecified atom stereocenters. The summed E-state index contributed by atoms with van der Waals surface area (Å²) in [5.41, 5.74) is 1.05. The summed E-state index contributed by atoms with van der Waals surface area (Å²) in [6.45, 7) is 3.66. The van der Waals surface area contributed by atoms with Crippen LogP contribution in [-0.4, -0.2) is 25.5 Å². The maximum atomic E-state index is 14.0. The SMILES string of the molecule is Cc1cc(O)c2c(O)c3c(O)cc(=O)c4c5c(OCc6ccccc6)cc(O)c6c(O)c7c(=O)cc(C)c8c1c2c(c34)c(c65)c78. The maximum absolute atomic E-state index is 14.0. The van der Waals surface area contributed by atoms with E-state index in [0.29, 0.717) is 48.8 Å². The van der Waals surface area contributed by atoms with Gasteiger partial charge in [0.25, 0.3) is 0 Å². The summed E-state index contributed by atoms with van der Waals surface area (Å²) in [5.74, 6) is -1.74. The quantitative estimate of drug-likeness (QED) is 0.109. The van der Waals surface area contributed by atoms with Crippen molar-refractivity contribution in [2.75, 3.05) is 0 Å². The van der Waals surface area contributed by atoms with E-state index in [1.807, 2.05) is 30.3 Å². The number of rotatable bonds is 3. The summed E-state index contributed by atoms with van der Waals surface area (Å²) < 4.78 is 6.28. The van der Waals surface area contributed by atoms with E-state index in [9.17, 15) is 35.1 Å². The molecule has 0 bridgehead atoms. The third-order valence-corrected chi connectivity index (χ3v) is 9.47. The van der Waals surface area contributed by atoms with Gasteiger partial charge in [0.15, 0.2) is 10.9 Å². The molecule has 0 aliphatic rings. The van der Waals surface area contributed by atoms with Crippen LogP contribution in [0, 0.1) is 13.8 Å². The summed E-state index contributed by atoms with van der Waals surface area (Å²) >= 11 is 0. The van der Waals surface area contributed by atoms with Crippen molar-refractivity contribution < 1.29 is 30.3 Å². The van der Waals surface area contributed by atoms with Crippen molar-refractivity contribution in [1.29, 1.82) is 0 Å². The molecule has 9 aromatic carbocycles.